The van der Waals surface area contributed by atoms with Crippen LogP contribution in [-0.4, -0.2) is 165 Å². The number of nitrogens with zero attached hydrogens (tertiary/aromatic N) is 1. The number of aliphatic hydroxyl groups is 1. The Morgan fingerprint density at radius 2 is 1.80 bits per heavy atom. The predicted octanol–water partition coefficient (Wildman–Crippen LogP) is 2.56. The van der Waals surface area contributed by atoms with Crippen LogP contribution < -0.4 is 10.1 Å². The molecule has 19 heteroatoms. The molecule has 2 aliphatic carbocycles. The van der Waals surface area contributed by atoms with Gasteiger partial charge in [0.1, 0.15) is 29.0 Å². The second kappa shape index (κ2) is 20.2. The Morgan fingerprint density at radius 1 is 1.03 bits per heavy atom. The molecule has 0 saturated carbocycles. The Balaban J connectivity index is 1.30. The van der Waals surface area contributed by atoms with Gasteiger partial charge in [-0.15, -0.1) is 0 Å². The van der Waals surface area contributed by atoms with Crippen molar-refractivity contribution in [3.8, 4) is 17.2 Å². The number of ketones is 3. The Morgan fingerprint density at radius 3 is 2.52 bits per heavy atom. The van der Waals surface area contributed by atoms with E-state index in [2.05, 4.69) is 10.2 Å². The van der Waals surface area contributed by atoms with Gasteiger partial charge in [-0.05, 0) is 26.2 Å². The van der Waals surface area contributed by atoms with Crippen LogP contribution in [0.1, 0.15) is 75.8 Å². The summed E-state index contributed by atoms with van der Waals surface area (Å²) >= 11 is 0. The molecule has 0 unspecified atom stereocenters. The van der Waals surface area contributed by atoms with Crippen LogP contribution in [0.2, 0.25) is 0 Å². The van der Waals surface area contributed by atoms with Crippen LogP contribution in [0, 0.1) is 0 Å². The standard InChI is InChI=1S/C41H54N2O15S2/c1-21-39(53-5)25(43-10-11-56-30(20-43)52-4)16-29(57-21)58-27-18-41(50,28(44)19-42-40(49)22(2)55-13-12-54-14-15-60-59-6)17-24-32(27)38(48)34-33(36(24)46)35(45)23-8-7-9-26(51-3)31(23)37(34)47/h7-9,21-22,25,27,29-30,39,46,48,50H,10-20H2,1-6H3,(H,42,49)/t21-,22-,25-,27-,29-,30-,39+,41-/m0/s1. The van der Waals surface area contributed by atoms with Gasteiger partial charge in [-0.2, -0.15) is 0 Å². The molecule has 1 amide bonds. The van der Waals surface area contributed by atoms with Crippen molar-refractivity contribution in [3.05, 3.63) is 51.6 Å². The van der Waals surface area contributed by atoms with Crippen LogP contribution in [0.3, 0.4) is 0 Å². The van der Waals surface area contributed by atoms with Gasteiger partial charge < -0.3 is 58.5 Å². The highest BCUT2D eigenvalue weighted by molar-refractivity contribution is 8.76. The molecular formula is C41H54N2O15S2. The van der Waals surface area contributed by atoms with Crippen LogP contribution in [0.15, 0.2) is 18.2 Å². The highest BCUT2D eigenvalue weighted by Gasteiger charge is 2.51. The van der Waals surface area contributed by atoms with E-state index < -0.39 is 108 Å². The molecular weight excluding hydrogens is 825 g/mol. The van der Waals surface area contributed by atoms with Crippen molar-refractivity contribution in [1.82, 2.24) is 10.2 Å². The van der Waals surface area contributed by atoms with E-state index in [1.165, 1.54) is 32.2 Å². The first-order valence-electron chi connectivity index (χ1n) is 19.8. The molecule has 2 heterocycles. The Bertz CT molecular complexity index is 1920. The number of methoxy groups -OCH3 is 3. The van der Waals surface area contributed by atoms with Crippen molar-refractivity contribution in [2.45, 2.75) is 81.7 Å². The summed E-state index contributed by atoms with van der Waals surface area (Å²) < 4.78 is 46.5. The Labute approximate surface area is 356 Å². The van der Waals surface area contributed by atoms with Gasteiger partial charge in [0.2, 0.25) is 11.7 Å². The summed E-state index contributed by atoms with van der Waals surface area (Å²) in [6.45, 7) is 5.07. The van der Waals surface area contributed by atoms with Crippen LogP contribution in [-0.2, 0) is 49.2 Å². The summed E-state index contributed by atoms with van der Waals surface area (Å²) in [5.41, 5.74) is -3.64. The fraction of sp³-hybridized carbons (Fsp3) is 0.610. The van der Waals surface area contributed by atoms with Gasteiger partial charge in [0.25, 0.3) is 0 Å². The van der Waals surface area contributed by atoms with Gasteiger partial charge in [-0.3, -0.25) is 24.1 Å². The van der Waals surface area contributed by atoms with E-state index >= 15 is 0 Å². The Hall–Kier alpha value is -3.34. The van der Waals surface area contributed by atoms with E-state index in [1.807, 2.05) is 13.2 Å². The maximum atomic E-state index is 14.2. The number of Topliss-reactive ketones (excluding diaryl/α,β-unsaturated/α-hetero) is 1. The molecule has 2 aromatic rings. The van der Waals surface area contributed by atoms with E-state index in [4.69, 9.17) is 37.9 Å². The second-order valence-electron chi connectivity index (χ2n) is 15.0. The highest BCUT2D eigenvalue weighted by atomic mass is 33.1. The minimum atomic E-state index is -2.30. The van der Waals surface area contributed by atoms with Crippen LogP contribution in [0.4, 0.5) is 0 Å². The minimum Gasteiger partial charge on any atom is -0.507 e. The number of morpholine rings is 1. The molecule has 0 radical (unpaired) electrons. The number of hydrogen-bond acceptors (Lipinski definition) is 18. The SMILES string of the molecule is COc1cccc2c1C(=O)c1c(O)c3c(c(O)c1C2=O)C[C@@](O)(C(=O)CNC(=O)[C@H](C)OCCOCCSSC)C[C@@H]3O[C@H]1C[C@H](N2CCO[C@H](OC)C2)[C@H](OC)[C@H](C)O1. The van der Waals surface area contributed by atoms with E-state index in [0.29, 0.717) is 26.3 Å². The molecule has 17 nitrogen and oxygen atoms in total. The number of amides is 1. The minimum absolute atomic E-state index is 0.0567. The van der Waals surface area contributed by atoms with E-state index in [-0.39, 0.29) is 53.7 Å². The average Bonchev–Trinajstić information content (AvgIpc) is 3.24. The van der Waals surface area contributed by atoms with Crippen molar-refractivity contribution in [2.75, 3.05) is 79.4 Å². The molecule has 2 saturated heterocycles. The van der Waals surface area contributed by atoms with E-state index in [1.54, 1.807) is 35.8 Å². The van der Waals surface area contributed by atoms with E-state index in [9.17, 15) is 34.5 Å². The molecule has 0 bridgehead atoms. The quantitative estimate of drug-likeness (QED) is 0.0820. The summed E-state index contributed by atoms with van der Waals surface area (Å²) in [5.74, 6) is -3.42. The van der Waals surface area contributed by atoms with Gasteiger partial charge in [0.05, 0.1) is 75.1 Å². The number of aromatic hydroxyl groups is 2. The van der Waals surface area contributed by atoms with Crippen molar-refractivity contribution < 1.29 is 72.4 Å². The third-order valence-corrected chi connectivity index (χ3v) is 13.2. The first kappa shape index (κ1) is 46.2. The van der Waals surface area contributed by atoms with Crippen molar-refractivity contribution >= 4 is 44.8 Å². The lowest BCUT2D eigenvalue weighted by Gasteiger charge is -2.48. The lowest BCUT2D eigenvalue weighted by atomic mass is 9.71. The monoisotopic (exact) mass is 878 g/mol. The largest absolute Gasteiger partial charge is 0.507 e. The zero-order valence-electron chi connectivity index (χ0n) is 34.6. The van der Waals surface area contributed by atoms with Crippen LogP contribution in [0.5, 0.6) is 17.2 Å². The fourth-order valence-corrected chi connectivity index (χ4v) is 9.49. The molecule has 2 fully saturated rings. The zero-order valence-corrected chi connectivity index (χ0v) is 36.2. The van der Waals surface area contributed by atoms with E-state index in [0.717, 1.165) is 5.75 Å². The summed E-state index contributed by atoms with van der Waals surface area (Å²) in [6.07, 6.45) is -3.59. The van der Waals surface area contributed by atoms with Gasteiger partial charge in [0.15, 0.2) is 24.1 Å². The lowest BCUT2D eigenvalue weighted by Crippen LogP contribution is -2.60. The summed E-state index contributed by atoms with van der Waals surface area (Å²) in [7, 11) is 7.78. The number of phenolic OH excluding ortho intramolecular Hbond substituents is 2. The van der Waals surface area contributed by atoms with Crippen molar-refractivity contribution in [2.24, 2.45) is 0 Å². The van der Waals surface area contributed by atoms with Gasteiger partial charge >= 0.3 is 0 Å². The summed E-state index contributed by atoms with van der Waals surface area (Å²) in [6, 6.07) is 4.16. The number of fused-ring (bicyclic) bond motifs is 3. The first-order valence-corrected chi connectivity index (χ1v) is 22.5. The highest BCUT2D eigenvalue weighted by Crippen LogP contribution is 2.52. The van der Waals surface area contributed by atoms with Gasteiger partial charge in [-0.1, -0.05) is 33.7 Å². The third kappa shape index (κ3) is 9.51. The smallest absolute Gasteiger partial charge is 0.249 e. The van der Waals surface area contributed by atoms with Gasteiger partial charge in [-0.25, -0.2) is 0 Å². The number of rotatable bonds is 18. The number of phenols is 2. The summed E-state index contributed by atoms with van der Waals surface area (Å²) in [5, 5.41) is 38.7. The summed E-state index contributed by atoms with van der Waals surface area (Å²) in [4.78, 5) is 57.4. The first-order chi connectivity index (χ1) is 28.8. The average molecular weight is 879 g/mol. The van der Waals surface area contributed by atoms with Gasteiger partial charge in [0, 0.05) is 75.1 Å². The number of benzene rings is 2. The maximum absolute atomic E-state index is 14.2. The fourth-order valence-electron chi connectivity index (χ4n) is 8.43. The maximum Gasteiger partial charge on any atom is 0.249 e. The second-order valence-corrected chi connectivity index (χ2v) is 17.7. The normalized spacial score (nSPS) is 27.1. The number of ether oxygens (including phenoxy) is 8. The number of nitrogens with one attached hydrogen (secondary N) is 1. The third-order valence-electron chi connectivity index (χ3n) is 11.4. The molecule has 2 aromatic carbocycles. The molecule has 2 aliphatic heterocycles. The van der Waals surface area contributed by atoms with Crippen LogP contribution >= 0.6 is 21.6 Å². The molecule has 6 rings (SSSR count). The molecule has 0 aromatic heterocycles. The molecule has 8 atom stereocenters. The molecule has 4 aliphatic rings. The number of hydrogen-bond donors (Lipinski definition) is 4. The number of carbonyl (C=O) groups is 4. The number of carbonyl (C=O) groups excluding carboxylic acids is 4. The van der Waals surface area contributed by atoms with Crippen LogP contribution in [0.25, 0.3) is 0 Å². The van der Waals surface area contributed by atoms with Crippen molar-refractivity contribution in [3.63, 3.8) is 0 Å². The molecule has 60 heavy (non-hydrogen) atoms. The molecule has 4 N–H and O–H groups in total. The lowest BCUT2D eigenvalue weighted by molar-refractivity contribution is -0.269. The van der Waals surface area contributed by atoms with Crippen molar-refractivity contribution in [1.29, 1.82) is 0 Å². The topological polar surface area (TPSA) is 218 Å². The molecule has 330 valence electrons. The zero-order chi connectivity index (χ0) is 43.3. The predicted molar refractivity (Wildman–Crippen MR) is 219 cm³/mol. The molecule has 0 spiro atoms. The Kier molecular flexibility index (Phi) is 15.6.